The van der Waals surface area contributed by atoms with Crippen molar-refractivity contribution in [3.63, 3.8) is 0 Å². The van der Waals surface area contributed by atoms with Gasteiger partial charge in [0.25, 0.3) is 0 Å². The Hall–Kier alpha value is -0.650. The molecule has 0 aromatic carbocycles. The van der Waals surface area contributed by atoms with Crippen molar-refractivity contribution < 1.29 is 24.8 Å². The standard InChI is InChI=1S/C9H18O5/c1-4-5-8(9(12)6(2)10)14-13-7(3)11/h6,8-10,12H,4-5H2,1-3H3. The average molecular weight is 206 g/mol. The van der Waals surface area contributed by atoms with E-state index in [1.165, 1.54) is 13.8 Å². The van der Waals surface area contributed by atoms with Gasteiger partial charge in [-0.1, -0.05) is 13.3 Å². The van der Waals surface area contributed by atoms with Gasteiger partial charge in [-0.2, -0.15) is 4.89 Å². The molecule has 5 heteroatoms. The van der Waals surface area contributed by atoms with Crippen LogP contribution < -0.4 is 0 Å². The quantitative estimate of drug-likeness (QED) is 0.485. The van der Waals surface area contributed by atoms with Gasteiger partial charge in [0.2, 0.25) is 0 Å². The Balaban J connectivity index is 4.06. The lowest BCUT2D eigenvalue weighted by Crippen LogP contribution is -2.37. The Morgan fingerprint density at radius 2 is 2.00 bits per heavy atom. The molecule has 0 rings (SSSR count). The molecule has 2 N–H and O–H groups in total. The van der Waals surface area contributed by atoms with Gasteiger partial charge in [-0.15, -0.1) is 0 Å². The highest BCUT2D eigenvalue weighted by Crippen LogP contribution is 2.11. The van der Waals surface area contributed by atoms with Gasteiger partial charge in [0.05, 0.1) is 6.10 Å². The fourth-order valence-electron chi connectivity index (χ4n) is 1.00. The third-order valence-electron chi connectivity index (χ3n) is 1.74. The van der Waals surface area contributed by atoms with Crippen LogP contribution in [0.4, 0.5) is 0 Å². The number of hydrogen-bond donors (Lipinski definition) is 2. The van der Waals surface area contributed by atoms with Gasteiger partial charge in [0.1, 0.15) is 12.2 Å². The minimum atomic E-state index is -1.05. The average Bonchev–Trinajstić information content (AvgIpc) is 2.10. The number of carbonyl (C=O) groups excluding carboxylic acids is 1. The van der Waals surface area contributed by atoms with Crippen molar-refractivity contribution in [3.05, 3.63) is 0 Å². The molecular weight excluding hydrogens is 188 g/mol. The third-order valence-corrected chi connectivity index (χ3v) is 1.74. The summed E-state index contributed by atoms with van der Waals surface area (Å²) in [5, 5.41) is 18.6. The monoisotopic (exact) mass is 206 g/mol. The second kappa shape index (κ2) is 6.75. The lowest BCUT2D eigenvalue weighted by atomic mass is 10.1. The molecule has 0 heterocycles. The first-order valence-corrected chi connectivity index (χ1v) is 4.69. The van der Waals surface area contributed by atoms with Crippen molar-refractivity contribution >= 4 is 5.97 Å². The van der Waals surface area contributed by atoms with Gasteiger partial charge in [-0.25, -0.2) is 4.79 Å². The minimum Gasteiger partial charge on any atom is -0.391 e. The van der Waals surface area contributed by atoms with Gasteiger partial charge >= 0.3 is 5.97 Å². The van der Waals surface area contributed by atoms with Crippen molar-refractivity contribution in [2.45, 2.75) is 51.9 Å². The Morgan fingerprint density at radius 1 is 1.43 bits per heavy atom. The van der Waals surface area contributed by atoms with E-state index >= 15 is 0 Å². The molecule has 0 saturated heterocycles. The molecular formula is C9H18O5. The van der Waals surface area contributed by atoms with E-state index in [0.29, 0.717) is 6.42 Å². The van der Waals surface area contributed by atoms with E-state index in [4.69, 9.17) is 9.99 Å². The maximum absolute atomic E-state index is 10.5. The summed E-state index contributed by atoms with van der Waals surface area (Å²) in [4.78, 5) is 19.5. The van der Waals surface area contributed by atoms with E-state index in [1.807, 2.05) is 6.92 Å². The van der Waals surface area contributed by atoms with Crippen molar-refractivity contribution in [1.82, 2.24) is 0 Å². The van der Waals surface area contributed by atoms with E-state index in [1.54, 1.807) is 0 Å². The van der Waals surface area contributed by atoms with Gasteiger partial charge in [-0.05, 0) is 13.3 Å². The topological polar surface area (TPSA) is 76.0 Å². The Kier molecular flexibility index (Phi) is 6.44. The van der Waals surface area contributed by atoms with E-state index < -0.39 is 24.3 Å². The van der Waals surface area contributed by atoms with Gasteiger partial charge in [0.15, 0.2) is 0 Å². The molecule has 3 atom stereocenters. The molecule has 5 nitrogen and oxygen atoms in total. The molecule has 3 unspecified atom stereocenters. The predicted octanol–water partition coefficient (Wildman–Crippen LogP) is 0.391. The van der Waals surface area contributed by atoms with Crippen molar-refractivity contribution in [2.24, 2.45) is 0 Å². The molecule has 0 spiro atoms. The normalized spacial score (nSPS) is 17.2. The summed E-state index contributed by atoms with van der Waals surface area (Å²) in [6.45, 7) is 4.56. The van der Waals surface area contributed by atoms with E-state index in [0.717, 1.165) is 6.42 Å². The number of aliphatic hydroxyl groups is 2. The molecule has 0 saturated carbocycles. The van der Waals surface area contributed by atoms with Crippen LogP contribution in [0.2, 0.25) is 0 Å². The summed E-state index contributed by atoms with van der Waals surface area (Å²) in [5.41, 5.74) is 0. The Bertz CT molecular complexity index is 169. The van der Waals surface area contributed by atoms with Crippen LogP contribution in [0.5, 0.6) is 0 Å². The second-order valence-corrected chi connectivity index (χ2v) is 3.23. The van der Waals surface area contributed by atoms with Crippen LogP contribution in [0.25, 0.3) is 0 Å². The molecule has 0 aliphatic heterocycles. The molecule has 0 fully saturated rings. The largest absolute Gasteiger partial charge is 0.391 e. The molecule has 84 valence electrons. The number of hydrogen-bond acceptors (Lipinski definition) is 5. The molecule has 0 aliphatic rings. The van der Waals surface area contributed by atoms with E-state index in [2.05, 4.69) is 4.89 Å². The summed E-state index contributed by atoms with van der Waals surface area (Å²) in [7, 11) is 0. The fourth-order valence-corrected chi connectivity index (χ4v) is 1.00. The van der Waals surface area contributed by atoms with Crippen molar-refractivity contribution in [1.29, 1.82) is 0 Å². The van der Waals surface area contributed by atoms with Crippen LogP contribution in [0.3, 0.4) is 0 Å². The molecule has 0 aromatic heterocycles. The first-order valence-electron chi connectivity index (χ1n) is 4.69. The molecule has 0 radical (unpaired) electrons. The van der Waals surface area contributed by atoms with Gasteiger partial charge in [-0.3, -0.25) is 4.89 Å². The third kappa shape index (κ3) is 5.16. The molecule has 0 aromatic rings. The number of aliphatic hydroxyl groups excluding tert-OH is 2. The summed E-state index contributed by atoms with van der Waals surface area (Å²) >= 11 is 0. The lowest BCUT2D eigenvalue weighted by molar-refractivity contribution is -0.315. The van der Waals surface area contributed by atoms with Crippen LogP contribution >= 0.6 is 0 Å². The molecule has 14 heavy (non-hydrogen) atoms. The van der Waals surface area contributed by atoms with Crippen LogP contribution in [-0.2, 0) is 14.6 Å². The Morgan fingerprint density at radius 3 is 2.36 bits per heavy atom. The zero-order valence-corrected chi connectivity index (χ0v) is 8.77. The summed E-state index contributed by atoms with van der Waals surface area (Å²) < 4.78 is 0. The zero-order chi connectivity index (χ0) is 11.1. The smallest absolute Gasteiger partial charge is 0.339 e. The number of carbonyl (C=O) groups is 1. The summed E-state index contributed by atoms with van der Waals surface area (Å²) in [5.74, 6) is -0.580. The van der Waals surface area contributed by atoms with E-state index in [-0.39, 0.29) is 0 Å². The SMILES string of the molecule is CCCC(OOC(C)=O)C(O)C(C)O. The molecule has 0 amide bonds. The van der Waals surface area contributed by atoms with Crippen molar-refractivity contribution in [2.75, 3.05) is 0 Å². The van der Waals surface area contributed by atoms with Crippen LogP contribution in [0.1, 0.15) is 33.6 Å². The Labute approximate surface area is 83.6 Å². The first-order chi connectivity index (χ1) is 6.49. The van der Waals surface area contributed by atoms with Gasteiger partial charge < -0.3 is 10.2 Å². The highest BCUT2D eigenvalue weighted by Gasteiger charge is 2.25. The number of rotatable bonds is 6. The second-order valence-electron chi connectivity index (χ2n) is 3.23. The van der Waals surface area contributed by atoms with Crippen LogP contribution in [-0.4, -0.2) is 34.5 Å². The summed E-state index contributed by atoms with van der Waals surface area (Å²) in [6.07, 6.45) is -1.37. The predicted molar refractivity (Wildman–Crippen MR) is 49.2 cm³/mol. The van der Waals surface area contributed by atoms with E-state index in [9.17, 15) is 9.90 Å². The minimum absolute atomic E-state index is 0.513. The lowest BCUT2D eigenvalue weighted by Gasteiger charge is -2.22. The van der Waals surface area contributed by atoms with Crippen LogP contribution in [0.15, 0.2) is 0 Å². The molecule has 0 aliphatic carbocycles. The first kappa shape index (κ1) is 13.4. The molecule has 0 bridgehead atoms. The van der Waals surface area contributed by atoms with Gasteiger partial charge in [0, 0.05) is 6.92 Å². The maximum atomic E-state index is 10.5. The highest BCUT2D eigenvalue weighted by molar-refractivity contribution is 5.65. The van der Waals surface area contributed by atoms with Crippen LogP contribution in [0, 0.1) is 0 Å². The zero-order valence-electron chi connectivity index (χ0n) is 8.77. The fraction of sp³-hybridized carbons (Fsp3) is 0.889. The van der Waals surface area contributed by atoms with Crippen molar-refractivity contribution in [3.8, 4) is 0 Å². The maximum Gasteiger partial charge on any atom is 0.339 e. The highest BCUT2D eigenvalue weighted by atomic mass is 17.2. The summed E-state index contributed by atoms with van der Waals surface area (Å²) in [6, 6.07) is 0.